The maximum absolute atomic E-state index is 11.8. The summed E-state index contributed by atoms with van der Waals surface area (Å²) in [5.41, 5.74) is 1.93. The van der Waals surface area contributed by atoms with Crippen molar-refractivity contribution in [2.75, 3.05) is 6.54 Å². The molecule has 1 aliphatic heterocycles. The van der Waals surface area contributed by atoms with Crippen LogP contribution in [0.15, 0.2) is 42.0 Å². The Morgan fingerprint density at radius 1 is 1.56 bits per heavy atom. The van der Waals surface area contributed by atoms with Crippen LogP contribution >= 0.6 is 0 Å². The second kappa shape index (κ2) is 5.37. The van der Waals surface area contributed by atoms with Crippen molar-refractivity contribution >= 4 is 6.09 Å². The molecule has 18 heavy (non-hydrogen) atoms. The van der Waals surface area contributed by atoms with Crippen LogP contribution in [-0.4, -0.2) is 23.6 Å². The minimum atomic E-state index is -0.332. The molecule has 4 heteroatoms. The molecule has 1 saturated heterocycles. The van der Waals surface area contributed by atoms with Gasteiger partial charge in [0.1, 0.15) is 6.61 Å². The molecule has 0 radical (unpaired) electrons. The first-order chi connectivity index (χ1) is 8.72. The van der Waals surface area contributed by atoms with Gasteiger partial charge in [-0.05, 0) is 18.1 Å². The van der Waals surface area contributed by atoms with Gasteiger partial charge in [0.05, 0.1) is 12.1 Å². The molecule has 1 aromatic rings. The first-order valence-electron chi connectivity index (χ1n) is 5.78. The summed E-state index contributed by atoms with van der Waals surface area (Å²) >= 11 is 0. The second-order valence-corrected chi connectivity index (χ2v) is 4.19. The molecule has 0 aliphatic carbocycles. The Morgan fingerprint density at radius 3 is 2.89 bits per heavy atom. The highest BCUT2D eigenvalue weighted by Gasteiger charge is 2.34. The number of hydrogen-bond acceptors (Lipinski definition) is 3. The van der Waals surface area contributed by atoms with Gasteiger partial charge in [-0.25, -0.2) is 4.79 Å². The molecule has 1 atom stereocenters. The number of carbonyl (C=O) groups excluding carboxylic acids is 1. The van der Waals surface area contributed by atoms with Crippen molar-refractivity contribution in [3.63, 3.8) is 0 Å². The van der Waals surface area contributed by atoms with Crippen LogP contribution < -0.4 is 0 Å². The molecule has 4 nitrogen and oxygen atoms in total. The summed E-state index contributed by atoms with van der Waals surface area (Å²) in [7, 11) is 0. The van der Waals surface area contributed by atoms with Crippen LogP contribution in [0, 0.1) is 11.3 Å². The molecule has 0 bridgehead atoms. The van der Waals surface area contributed by atoms with E-state index in [4.69, 9.17) is 10.00 Å². The standard InChI is InChI=1S/C14H14N2O2/c1-11-13(7-8-15)9-16(11)14(17)18-10-12-5-3-2-4-6-12/h2-7,11H,9-10H2,1H3/b13-7+. The van der Waals surface area contributed by atoms with Crippen LogP contribution in [0.4, 0.5) is 4.79 Å². The normalized spacial score (nSPS) is 20.1. The number of likely N-dealkylation sites (tertiary alicyclic amines) is 1. The Kier molecular flexibility index (Phi) is 3.63. The lowest BCUT2D eigenvalue weighted by Crippen LogP contribution is -2.51. The summed E-state index contributed by atoms with van der Waals surface area (Å²) in [6.07, 6.45) is 1.16. The van der Waals surface area contributed by atoms with Crippen molar-refractivity contribution in [2.24, 2.45) is 0 Å². The van der Waals surface area contributed by atoms with Gasteiger partial charge >= 0.3 is 6.09 Å². The Bertz CT molecular complexity index is 502. The fraction of sp³-hybridized carbons (Fsp3) is 0.286. The predicted octanol–water partition coefficient (Wildman–Crippen LogP) is 2.48. The molecule has 1 unspecified atom stereocenters. The summed E-state index contributed by atoms with van der Waals surface area (Å²) in [6, 6.07) is 11.5. The smallest absolute Gasteiger partial charge is 0.410 e. The molecular weight excluding hydrogens is 228 g/mol. The van der Waals surface area contributed by atoms with Crippen molar-refractivity contribution in [2.45, 2.75) is 19.6 Å². The maximum atomic E-state index is 11.8. The Hall–Kier alpha value is -2.28. The van der Waals surface area contributed by atoms with Crippen molar-refractivity contribution in [3.8, 4) is 6.07 Å². The minimum Gasteiger partial charge on any atom is -0.445 e. The van der Waals surface area contributed by atoms with E-state index < -0.39 is 0 Å². The quantitative estimate of drug-likeness (QED) is 0.748. The van der Waals surface area contributed by atoms with Crippen molar-refractivity contribution in [1.29, 1.82) is 5.26 Å². The highest BCUT2D eigenvalue weighted by atomic mass is 16.6. The molecule has 2 rings (SSSR count). The molecule has 1 aliphatic rings. The van der Waals surface area contributed by atoms with Crippen LogP contribution in [0.2, 0.25) is 0 Å². The molecule has 1 aromatic carbocycles. The van der Waals surface area contributed by atoms with Crippen LogP contribution in [0.1, 0.15) is 12.5 Å². The van der Waals surface area contributed by atoms with Crippen molar-refractivity contribution < 1.29 is 9.53 Å². The number of ether oxygens (including phenoxy) is 1. The molecule has 0 spiro atoms. The number of benzene rings is 1. The second-order valence-electron chi connectivity index (χ2n) is 4.19. The van der Waals surface area contributed by atoms with Crippen LogP contribution in [-0.2, 0) is 11.3 Å². The number of hydrogen-bond donors (Lipinski definition) is 0. The van der Waals surface area contributed by atoms with E-state index in [0.717, 1.165) is 11.1 Å². The van der Waals surface area contributed by atoms with E-state index in [9.17, 15) is 4.79 Å². The summed E-state index contributed by atoms with van der Waals surface area (Å²) in [5.74, 6) is 0. The molecule has 92 valence electrons. The monoisotopic (exact) mass is 242 g/mol. The zero-order valence-electron chi connectivity index (χ0n) is 10.2. The highest BCUT2D eigenvalue weighted by molar-refractivity contribution is 5.71. The lowest BCUT2D eigenvalue weighted by atomic mass is 9.98. The third-order valence-corrected chi connectivity index (χ3v) is 3.05. The van der Waals surface area contributed by atoms with E-state index >= 15 is 0 Å². The number of rotatable bonds is 2. The summed E-state index contributed by atoms with van der Waals surface area (Å²) < 4.78 is 5.21. The van der Waals surface area contributed by atoms with Crippen LogP contribution in [0.25, 0.3) is 0 Å². The van der Waals surface area contributed by atoms with Gasteiger partial charge in [-0.2, -0.15) is 5.26 Å². The number of amides is 1. The molecule has 0 saturated carbocycles. The average molecular weight is 242 g/mol. The molecule has 1 heterocycles. The van der Waals surface area contributed by atoms with Gasteiger partial charge in [-0.15, -0.1) is 0 Å². The van der Waals surface area contributed by atoms with Gasteiger partial charge in [-0.3, -0.25) is 4.90 Å². The highest BCUT2D eigenvalue weighted by Crippen LogP contribution is 2.24. The molecule has 0 aromatic heterocycles. The van der Waals surface area contributed by atoms with Crippen LogP contribution in [0.5, 0.6) is 0 Å². The van der Waals surface area contributed by atoms with Crippen LogP contribution in [0.3, 0.4) is 0 Å². The Labute approximate surface area is 106 Å². The van der Waals surface area contributed by atoms with Gasteiger partial charge < -0.3 is 4.74 Å². The summed E-state index contributed by atoms with van der Waals surface area (Å²) in [4.78, 5) is 13.4. The Morgan fingerprint density at radius 2 is 2.28 bits per heavy atom. The number of nitriles is 1. The lowest BCUT2D eigenvalue weighted by molar-refractivity contribution is 0.0736. The largest absolute Gasteiger partial charge is 0.445 e. The van der Waals surface area contributed by atoms with E-state index in [2.05, 4.69) is 0 Å². The molecule has 0 N–H and O–H groups in total. The lowest BCUT2D eigenvalue weighted by Gasteiger charge is -2.39. The van der Waals surface area contributed by atoms with Gasteiger partial charge in [0.25, 0.3) is 0 Å². The van der Waals surface area contributed by atoms with Gasteiger partial charge in [0, 0.05) is 12.6 Å². The predicted molar refractivity (Wildman–Crippen MR) is 66.5 cm³/mol. The van der Waals surface area contributed by atoms with E-state index in [1.807, 2.05) is 43.3 Å². The summed E-state index contributed by atoms with van der Waals surface area (Å²) in [5, 5.41) is 8.54. The SMILES string of the molecule is CC1/C(=C/C#N)CN1C(=O)OCc1ccccc1. The average Bonchev–Trinajstić information content (AvgIpc) is 2.41. The van der Waals surface area contributed by atoms with Crippen molar-refractivity contribution in [1.82, 2.24) is 4.90 Å². The van der Waals surface area contributed by atoms with Gasteiger partial charge in [-0.1, -0.05) is 30.3 Å². The third kappa shape index (κ3) is 2.51. The Balaban J connectivity index is 1.84. The van der Waals surface area contributed by atoms with E-state index in [1.165, 1.54) is 6.08 Å². The van der Waals surface area contributed by atoms with Gasteiger partial charge in [0.2, 0.25) is 0 Å². The van der Waals surface area contributed by atoms with Crippen molar-refractivity contribution in [3.05, 3.63) is 47.5 Å². The molecule has 1 amide bonds. The van der Waals surface area contributed by atoms with E-state index in [0.29, 0.717) is 6.54 Å². The zero-order chi connectivity index (χ0) is 13.0. The fourth-order valence-corrected chi connectivity index (χ4v) is 1.83. The zero-order valence-corrected chi connectivity index (χ0v) is 10.2. The maximum Gasteiger partial charge on any atom is 0.410 e. The minimum absolute atomic E-state index is 0.0343. The summed E-state index contributed by atoms with van der Waals surface area (Å²) in [6.45, 7) is 2.65. The molecule has 1 fully saturated rings. The number of allylic oxidation sites excluding steroid dienone is 1. The van der Waals surface area contributed by atoms with E-state index in [-0.39, 0.29) is 18.7 Å². The number of carbonyl (C=O) groups is 1. The first kappa shape index (κ1) is 12.2. The van der Waals surface area contributed by atoms with Gasteiger partial charge in [0.15, 0.2) is 0 Å². The number of nitrogens with zero attached hydrogens (tertiary/aromatic N) is 2. The third-order valence-electron chi connectivity index (χ3n) is 3.05. The van der Waals surface area contributed by atoms with E-state index in [1.54, 1.807) is 4.90 Å². The molecular formula is C14H14N2O2. The first-order valence-corrected chi connectivity index (χ1v) is 5.78. The topological polar surface area (TPSA) is 53.3 Å². The fourth-order valence-electron chi connectivity index (χ4n) is 1.83.